The van der Waals surface area contributed by atoms with Crippen molar-refractivity contribution in [3.05, 3.63) is 36.0 Å². The van der Waals surface area contributed by atoms with Crippen LogP contribution in [0.3, 0.4) is 0 Å². The van der Waals surface area contributed by atoms with E-state index in [4.69, 9.17) is 5.11 Å². The van der Waals surface area contributed by atoms with Gasteiger partial charge in [-0.1, -0.05) is 18.2 Å². The molecule has 2 aromatic rings. The molecule has 1 heterocycles. The molecule has 0 saturated heterocycles. The molecule has 0 spiro atoms. The molecule has 0 radical (unpaired) electrons. The van der Waals surface area contributed by atoms with E-state index in [1.54, 1.807) is 0 Å². The number of benzene rings is 1. The summed E-state index contributed by atoms with van der Waals surface area (Å²) in [5.74, 6) is 0. The first-order chi connectivity index (χ1) is 8.72. The number of para-hydroxylation sites is 1. The van der Waals surface area contributed by atoms with E-state index in [1.807, 2.05) is 12.3 Å². The highest BCUT2D eigenvalue weighted by atomic mass is 16.2. The monoisotopic (exact) mass is 244 g/mol. The standard InChI is InChI=1S/C15H20N2O/c1-11-5-3-7-13-14(8-9-16-15(11)13)17-12(2)6-4-10-18/h3,5,7-9,12,18H,4,6,10H2,1-2H3,(H,16,17). The Hall–Kier alpha value is -1.61. The Morgan fingerprint density at radius 2 is 2.17 bits per heavy atom. The van der Waals surface area contributed by atoms with Crippen molar-refractivity contribution in [3.63, 3.8) is 0 Å². The Bertz CT molecular complexity index is 525. The maximum absolute atomic E-state index is 8.85. The third-order valence-corrected chi connectivity index (χ3v) is 3.17. The van der Waals surface area contributed by atoms with E-state index in [1.165, 1.54) is 5.56 Å². The average Bonchev–Trinajstić information content (AvgIpc) is 2.38. The van der Waals surface area contributed by atoms with Gasteiger partial charge < -0.3 is 10.4 Å². The van der Waals surface area contributed by atoms with Crippen LogP contribution in [0.4, 0.5) is 5.69 Å². The Kier molecular flexibility index (Phi) is 4.15. The fraction of sp³-hybridized carbons (Fsp3) is 0.400. The molecule has 1 atom stereocenters. The summed E-state index contributed by atoms with van der Waals surface area (Å²) in [4.78, 5) is 4.43. The summed E-state index contributed by atoms with van der Waals surface area (Å²) < 4.78 is 0. The molecule has 18 heavy (non-hydrogen) atoms. The molecule has 96 valence electrons. The lowest BCUT2D eigenvalue weighted by molar-refractivity contribution is 0.282. The van der Waals surface area contributed by atoms with E-state index >= 15 is 0 Å². The molecule has 2 N–H and O–H groups in total. The van der Waals surface area contributed by atoms with E-state index in [0.29, 0.717) is 6.04 Å². The van der Waals surface area contributed by atoms with Crippen LogP contribution in [0.15, 0.2) is 30.5 Å². The van der Waals surface area contributed by atoms with Gasteiger partial charge in [0.1, 0.15) is 0 Å². The predicted molar refractivity (Wildman–Crippen MR) is 75.9 cm³/mol. The molecule has 1 unspecified atom stereocenters. The van der Waals surface area contributed by atoms with Crippen LogP contribution in [0.5, 0.6) is 0 Å². The van der Waals surface area contributed by atoms with Crippen molar-refractivity contribution in [1.29, 1.82) is 0 Å². The molecule has 1 aromatic carbocycles. The van der Waals surface area contributed by atoms with Crippen LogP contribution in [0.25, 0.3) is 10.9 Å². The predicted octanol–water partition coefficient (Wildman–Crippen LogP) is 3.12. The Labute approximate surface area is 108 Å². The molecule has 2 rings (SSSR count). The van der Waals surface area contributed by atoms with E-state index in [9.17, 15) is 0 Å². The topological polar surface area (TPSA) is 45.1 Å². The van der Waals surface area contributed by atoms with Gasteiger partial charge in [-0.15, -0.1) is 0 Å². The first-order valence-corrected chi connectivity index (χ1v) is 6.44. The highest BCUT2D eigenvalue weighted by Gasteiger charge is 2.06. The van der Waals surface area contributed by atoms with Crippen molar-refractivity contribution in [2.24, 2.45) is 0 Å². The Morgan fingerprint density at radius 1 is 1.33 bits per heavy atom. The second-order valence-corrected chi connectivity index (χ2v) is 4.74. The SMILES string of the molecule is Cc1cccc2c(NC(C)CCCO)ccnc12. The Balaban J connectivity index is 2.25. The summed E-state index contributed by atoms with van der Waals surface area (Å²) in [6, 6.07) is 8.59. The van der Waals surface area contributed by atoms with E-state index in [-0.39, 0.29) is 6.61 Å². The van der Waals surface area contributed by atoms with Crippen molar-refractivity contribution in [1.82, 2.24) is 4.98 Å². The number of nitrogens with zero attached hydrogens (tertiary/aromatic N) is 1. The largest absolute Gasteiger partial charge is 0.396 e. The van der Waals surface area contributed by atoms with Crippen LogP contribution < -0.4 is 5.32 Å². The van der Waals surface area contributed by atoms with Gasteiger partial charge in [-0.25, -0.2) is 0 Å². The van der Waals surface area contributed by atoms with Crippen molar-refractivity contribution in [3.8, 4) is 0 Å². The zero-order valence-electron chi connectivity index (χ0n) is 11.0. The smallest absolute Gasteiger partial charge is 0.0751 e. The van der Waals surface area contributed by atoms with Crippen LogP contribution in [-0.2, 0) is 0 Å². The second kappa shape index (κ2) is 5.83. The van der Waals surface area contributed by atoms with Gasteiger partial charge in [-0.2, -0.15) is 0 Å². The fourth-order valence-electron chi connectivity index (χ4n) is 2.18. The molecular weight excluding hydrogens is 224 g/mol. The molecule has 3 heteroatoms. The third-order valence-electron chi connectivity index (χ3n) is 3.17. The highest BCUT2D eigenvalue weighted by Crippen LogP contribution is 2.24. The number of aliphatic hydroxyl groups excluding tert-OH is 1. The number of aliphatic hydroxyl groups is 1. The molecule has 0 amide bonds. The minimum Gasteiger partial charge on any atom is -0.396 e. The van der Waals surface area contributed by atoms with Crippen LogP contribution >= 0.6 is 0 Å². The minimum atomic E-state index is 0.252. The van der Waals surface area contributed by atoms with E-state index < -0.39 is 0 Å². The van der Waals surface area contributed by atoms with Crippen LogP contribution in [0, 0.1) is 6.92 Å². The Morgan fingerprint density at radius 3 is 2.94 bits per heavy atom. The van der Waals surface area contributed by atoms with E-state index in [2.05, 4.69) is 42.3 Å². The molecule has 0 aliphatic carbocycles. The first-order valence-electron chi connectivity index (χ1n) is 6.44. The normalized spacial score (nSPS) is 12.6. The van der Waals surface area contributed by atoms with Crippen LogP contribution in [0.1, 0.15) is 25.3 Å². The number of aryl methyl sites for hydroxylation is 1. The molecule has 0 fully saturated rings. The zero-order valence-corrected chi connectivity index (χ0v) is 11.0. The van der Waals surface area contributed by atoms with E-state index in [0.717, 1.165) is 29.4 Å². The number of aromatic nitrogens is 1. The maximum Gasteiger partial charge on any atom is 0.0751 e. The highest BCUT2D eigenvalue weighted by molar-refractivity contribution is 5.92. The fourth-order valence-corrected chi connectivity index (χ4v) is 2.18. The molecule has 0 saturated carbocycles. The molecule has 1 aromatic heterocycles. The lowest BCUT2D eigenvalue weighted by Crippen LogP contribution is -2.15. The number of hydrogen-bond donors (Lipinski definition) is 2. The number of fused-ring (bicyclic) bond motifs is 1. The summed E-state index contributed by atoms with van der Waals surface area (Å²) in [7, 11) is 0. The quantitative estimate of drug-likeness (QED) is 0.849. The number of rotatable bonds is 5. The summed E-state index contributed by atoms with van der Waals surface area (Å²) >= 11 is 0. The van der Waals surface area contributed by atoms with Crippen molar-refractivity contribution >= 4 is 16.6 Å². The first kappa shape index (κ1) is 12.8. The van der Waals surface area contributed by atoms with Crippen LogP contribution in [-0.4, -0.2) is 22.7 Å². The van der Waals surface area contributed by atoms with Gasteiger partial charge in [0.05, 0.1) is 5.52 Å². The summed E-state index contributed by atoms with van der Waals surface area (Å²) in [6.45, 7) is 4.47. The zero-order chi connectivity index (χ0) is 13.0. The summed E-state index contributed by atoms with van der Waals surface area (Å²) in [6.07, 6.45) is 3.64. The summed E-state index contributed by atoms with van der Waals surface area (Å²) in [5.41, 5.74) is 3.37. The van der Waals surface area contributed by atoms with Crippen LogP contribution in [0.2, 0.25) is 0 Å². The number of nitrogens with one attached hydrogen (secondary N) is 1. The van der Waals surface area contributed by atoms with Gasteiger partial charge in [-0.05, 0) is 38.3 Å². The van der Waals surface area contributed by atoms with Crippen molar-refractivity contribution in [2.45, 2.75) is 32.7 Å². The maximum atomic E-state index is 8.85. The van der Waals surface area contributed by atoms with Gasteiger partial charge in [0, 0.05) is 29.9 Å². The lowest BCUT2D eigenvalue weighted by atomic mass is 10.1. The minimum absolute atomic E-state index is 0.252. The van der Waals surface area contributed by atoms with Crippen molar-refractivity contribution < 1.29 is 5.11 Å². The van der Waals surface area contributed by atoms with Gasteiger partial charge in [0.25, 0.3) is 0 Å². The number of anilines is 1. The van der Waals surface area contributed by atoms with Gasteiger partial charge >= 0.3 is 0 Å². The number of hydrogen-bond acceptors (Lipinski definition) is 3. The third kappa shape index (κ3) is 2.79. The molecule has 0 aliphatic rings. The van der Waals surface area contributed by atoms with Crippen molar-refractivity contribution in [2.75, 3.05) is 11.9 Å². The average molecular weight is 244 g/mol. The lowest BCUT2D eigenvalue weighted by Gasteiger charge is -2.16. The molecule has 0 aliphatic heterocycles. The molecule has 3 nitrogen and oxygen atoms in total. The summed E-state index contributed by atoms with van der Waals surface area (Å²) in [5, 5.41) is 13.5. The van der Waals surface area contributed by atoms with Gasteiger partial charge in [0.15, 0.2) is 0 Å². The molecule has 0 bridgehead atoms. The molecular formula is C15H20N2O. The number of pyridine rings is 1. The second-order valence-electron chi connectivity index (χ2n) is 4.74. The van der Waals surface area contributed by atoms with Gasteiger partial charge in [0.2, 0.25) is 0 Å². The van der Waals surface area contributed by atoms with Gasteiger partial charge in [-0.3, -0.25) is 4.98 Å².